The Morgan fingerprint density at radius 2 is 1.16 bits per heavy atom. The zero-order chi connectivity index (χ0) is 22.0. The number of fused-ring (bicyclic) bond motifs is 1. The smallest absolute Gasteiger partial charge is 0.154 e. The maximum Gasteiger partial charge on any atom is 0.154 e. The van der Waals surface area contributed by atoms with E-state index in [1.54, 1.807) is 0 Å². The van der Waals surface area contributed by atoms with Gasteiger partial charge < -0.3 is 4.74 Å². The first-order valence-corrected chi connectivity index (χ1v) is 13.0. The van der Waals surface area contributed by atoms with Gasteiger partial charge in [-0.3, -0.25) is 4.79 Å². The molecule has 0 unspecified atom stereocenters. The Morgan fingerprint density at radius 3 is 1.71 bits per heavy atom. The molecule has 2 heteroatoms. The minimum Gasteiger partial charge on any atom is -0.493 e. The molecule has 0 saturated heterocycles. The molecule has 0 aliphatic rings. The third-order valence-electron chi connectivity index (χ3n) is 6.30. The van der Waals surface area contributed by atoms with Gasteiger partial charge in [0.15, 0.2) is 6.29 Å². The molecule has 0 fully saturated rings. The number of aldehydes is 1. The standard InChI is InChI=1S/C29H44O2/c1-2-3-4-5-6-7-8-9-10-11-12-13-14-15-16-19-24-31-29-23-22-26-20-17-18-21-27(26)28(29)25-30/h17-18,20-23,25H,2-16,19,24H2,1H3. The second-order valence-corrected chi connectivity index (χ2v) is 8.97. The van der Waals surface area contributed by atoms with E-state index in [4.69, 9.17) is 4.74 Å². The third kappa shape index (κ3) is 10.4. The summed E-state index contributed by atoms with van der Waals surface area (Å²) in [6, 6.07) is 11.9. The van der Waals surface area contributed by atoms with E-state index >= 15 is 0 Å². The van der Waals surface area contributed by atoms with Crippen LogP contribution in [0.4, 0.5) is 0 Å². The van der Waals surface area contributed by atoms with Gasteiger partial charge in [0.1, 0.15) is 5.75 Å². The van der Waals surface area contributed by atoms with Crippen molar-refractivity contribution in [1.29, 1.82) is 0 Å². The van der Waals surface area contributed by atoms with Gasteiger partial charge >= 0.3 is 0 Å². The summed E-state index contributed by atoms with van der Waals surface area (Å²) in [7, 11) is 0. The van der Waals surface area contributed by atoms with E-state index in [1.807, 2.05) is 36.4 Å². The second kappa shape index (κ2) is 16.8. The highest BCUT2D eigenvalue weighted by atomic mass is 16.5. The molecular formula is C29H44O2. The second-order valence-electron chi connectivity index (χ2n) is 8.97. The molecule has 0 spiro atoms. The van der Waals surface area contributed by atoms with Gasteiger partial charge in [0.2, 0.25) is 0 Å². The fourth-order valence-electron chi connectivity index (χ4n) is 4.36. The van der Waals surface area contributed by atoms with E-state index in [2.05, 4.69) is 6.92 Å². The first-order valence-electron chi connectivity index (χ1n) is 13.0. The van der Waals surface area contributed by atoms with E-state index in [0.717, 1.165) is 29.2 Å². The minimum atomic E-state index is 0.676. The molecule has 2 aromatic carbocycles. The molecule has 172 valence electrons. The summed E-state index contributed by atoms with van der Waals surface area (Å²) in [6.45, 7) is 2.98. The average Bonchev–Trinajstić information content (AvgIpc) is 2.80. The Hall–Kier alpha value is -1.83. The fourth-order valence-corrected chi connectivity index (χ4v) is 4.36. The Labute approximate surface area is 190 Å². The van der Waals surface area contributed by atoms with E-state index in [9.17, 15) is 4.79 Å². The molecule has 0 amide bonds. The molecule has 2 nitrogen and oxygen atoms in total. The quantitative estimate of drug-likeness (QED) is 0.166. The molecule has 0 aromatic heterocycles. The summed E-state index contributed by atoms with van der Waals surface area (Å²) in [5, 5.41) is 2.06. The number of unbranched alkanes of at least 4 members (excludes halogenated alkanes) is 15. The number of hydrogen-bond donors (Lipinski definition) is 0. The third-order valence-corrected chi connectivity index (χ3v) is 6.30. The molecule has 0 saturated carbocycles. The molecule has 0 N–H and O–H groups in total. The normalized spacial score (nSPS) is 11.1. The molecule has 0 atom stereocenters. The van der Waals surface area contributed by atoms with Gasteiger partial charge in [-0.05, 0) is 23.3 Å². The van der Waals surface area contributed by atoms with Crippen molar-refractivity contribution in [3.05, 3.63) is 42.0 Å². The molecule has 2 aromatic rings. The number of ether oxygens (including phenoxy) is 1. The lowest BCUT2D eigenvalue weighted by atomic mass is 10.0. The van der Waals surface area contributed by atoms with E-state index < -0.39 is 0 Å². The molecule has 0 aliphatic carbocycles. The van der Waals surface area contributed by atoms with E-state index in [-0.39, 0.29) is 0 Å². The van der Waals surface area contributed by atoms with Gasteiger partial charge in [-0.25, -0.2) is 0 Å². The Balaban J connectivity index is 1.42. The highest BCUT2D eigenvalue weighted by Gasteiger charge is 2.07. The van der Waals surface area contributed by atoms with Crippen molar-refractivity contribution >= 4 is 17.1 Å². The molecular weight excluding hydrogens is 380 g/mol. The summed E-state index contributed by atoms with van der Waals surface area (Å²) in [6.07, 6.45) is 22.8. The van der Waals surface area contributed by atoms with Crippen molar-refractivity contribution in [3.8, 4) is 5.75 Å². The summed E-state index contributed by atoms with van der Waals surface area (Å²) in [5.74, 6) is 0.717. The minimum absolute atomic E-state index is 0.676. The summed E-state index contributed by atoms with van der Waals surface area (Å²) in [4.78, 5) is 11.5. The van der Waals surface area contributed by atoms with Gasteiger partial charge in [-0.1, -0.05) is 134 Å². The van der Waals surface area contributed by atoms with Crippen LogP contribution in [0.3, 0.4) is 0 Å². The predicted octanol–water partition coefficient (Wildman–Crippen LogP) is 9.29. The van der Waals surface area contributed by atoms with Crippen LogP contribution in [0.25, 0.3) is 10.8 Å². The molecule has 2 rings (SSSR count). The van der Waals surface area contributed by atoms with Gasteiger partial charge in [-0.2, -0.15) is 0 Å². The van der Waals surface area contributed by atoms with E-state index in [0.29, 0.717) is 12.2 Å². The van der Waals surface area contributed by atoms with E-state index in [1.165, 1.54) is 96.3 Å². The van der Waals surface area contributed by atoms with Crippen molar-refractivity contribution in [1.82, 2.24) is 0 Å². The number of carbonyl (C=O) groups excluding carboxylic acids is 1. The largest absolute Gasteiger partial charge is 0.493 e. The summed E-state index contributed by atoms with van der Waals surface area (Å²) < 4.78 is 5.92. The molecule has 0 aliphatic heterocycles. The Bertz CT molecular complexity index is 722. The monoisotopic (exact) mass is 424 g/mol. The fraction of sp³-hybridized carbons (Fsp3) is 0.621. The Kier molecular flexibility index (Phi) is 13.8. The number of rotatable bonds is 19. The van der Waals surface area contributed by atoms with Gasteiger partial charge in [0.25, 0.3) is 0 Å². The zero-order valence-corrected chi connectivity index (χ0v) is 19.9. The van der Waals surface area contributed by atoms with Crippen LogP contribution in [0.2, 0.25) is 0 Å². The molecule has 0 heterocycles. The van der Waals surface area contributed by atoms with Crippen molar-refractivity contribution in [2.24, 2.45) is 0 Å². The highest BCUT2D eigenvalue weighted by Crippen LogP contribution is 2.26. The van der Waals surface area contributed by atoms with Crippen molar-refractivity contribution in [2.45, 2.75) is 110 Å². The van der Waals surface area contributed by atoms with Crippen LogP contribution in [-0.4, -0.2) is 12.9 Å². The average molecular weight is 425 g/mol. The van der Waals surface area contributed by atoms with Crippen LogP contribution < -0.4 is 4.74 Å². The van der Waals surface area contributed by atoms with Gasteiger partial charge in [0.05, 0.1) is 12.2 Å². The topological polar surface area (TPSA) is 26.3 Å². The lowest BCUT2D eigenvalue weighted by Crippen LogP contribution is -2.00. The predicted molar refractivity (Wildman–Crippen MR) is 134 cm³/mol. The number of hydrogen-bond acceptors (Lipinski definition) is 2. The zero-order valence-electron chi connectivity index (χ0n) is 19.9. The number of benzene rings is 2. The highest BCUT2D eigenvalue weighted by molar-refractivity contribution is 6.00. The first kappa shape index (κ1) is 25.4. The Morgan fingerprint density at radius 1 is 0.645 bits per heavy atom. The van der Waals surface area contributed by atoms with Crippen LogP contribution in [-0.2, 0) is 0 Å². The van der Waals surface area contributed by atoms with Crippen molar-refractivity contribution in [2.75, 3.05) is 6.61 Å². The lowest BCUT2D eigenvalue weighted by molar-refractivity contribution is 0.112. The van der Waals surface area contributed by atoms with Crippen LogP contribution in [0.1, 0.15) is 120 Å². The summed E-state index contributed by atoms with van der Waals surface area (Å²) >= 11 is 0. The van der Waals surface area contributed by atoms with Crippen LogP contribution >= 0.6 is 0 Å². The summed E-state index contributed by atoms with van der Waals surface area (Å²) in [5.41, 5.74) is 0.676. The van der Waals surface area contributed by atoms with Crippen molar-refractivity contribution < 1.29 is 9.53 Å². The molecule has 0 radical (unpaired) electrons. The molecule has 0 bridgehead atoms. The lowest BCUT2D eigenvalue weighted by Gasteiger charge is -2.10. The van der Waals surface area contributed by atoms with Crippen LogP contribution in [0, 0.1) is 0 Å². The van der Waals surface area contributed by atoms with Crippen molar-refractivity contribution in [3.63, 3.8) is 0 Å². The maximum absolute atomic E-state index is 11.5. The van der Waals surface area contributed by atoms with Gasteiger partial charge in [0, 0.05) is 0 Å². The maximum atomic E-state index is 11.5. The van der Waals surface area contributed by atoms with Crippen LogP contribution in [0.15, 0.2) is 36.4 Å². The van der Waals surface area contributed by atoms with Gasteiger partial charge in [-0.15, -0.1) is 0 Å². The first-order chi connectivity index (χ1) is 15.4. The number of carbonyl (C=O) groups is 1. The SMILES string of the molecule is CCCCCCCCCCCCCCCCCCOc1ccc2ccccc2c1C=O. The van der Waals surface area contributed by atoms with Crippen LogP contribution in [0.5, 0.6) is 5.75 Å². The molecule has 31 heavy (non-hydrogen) atoms.